The fraction of sp³-hybridized carbons (Fsp3) is 0.727. The molecular weight excluding hydrogens is 348 g/mol. The molecule has 2 aliphatic heterocycles. The zero-order valence-corrected chi connectivity index (χ0v) is 17.3. The van der Waals surface area contributed by atoms with Gasteiger partial charge in [-0.1, -0.05) is 20.8 Å². The van der Waals surface area contributed by atoms with E-state index in [4.69, 9.17) is 9.47 Å². The Hall–Kier alpha value is -1.36. The number of alkyl halides is 2. The third kappa shape index (κ3) is 5.13. The molecule has 0 N–H and O–H groups in total. The number of nitrogens with zero attached hydrogens (tertiary/aromatic N) is 1. The van der Waals surface area contributed by atoms with Gasteiger partial charge in [-0.3, -0.25) is 4.90 Å². The Morgan fingerprint density at radius 1 is 1.11 bits per heavy atom. The van der Waals surface area contributed by atoms with Crippen molar-refractivity contribution in [3.8, 4) is 11.5 Å². The minimum atomic E-state index is -2.86. The number of methoxy groups -OCH3 is 1. The van der Waals surface area contributed by atoms with E-state index < -0.39 is 12.5 Å². The lowest BCUT2D eigenvalue weighted by Crippen LogP contribution is -2.43. The molecule has 5 heteroatoms. The van der Waals surface area contributed by atoms with E-state index >= 15 is 0 Å². The number of fused-ring (bicyclic) bond motifs is 3. The normalized spacial score (nSPS) is 23.5. The summed E-state index contributed by atoms with van der Waals surface area (Å²) in [5, 5.41) is 0. The number of hydrogen-bond acceptors (Lipinski definition) is 3. The van der Waals surface area contributed by atoms with Crippen molar-refractivity contribution in [1.29, 1.82) is 0 Å². The van der Waals surface area contributed by atoms with Crippen LogP contribution in [-0.4, -0.2) is 37.6 Å². The lowest BCUT2D eigenvalue weighted by molar-refractivity contribution is -0.0236. The van der Waals surface area contributed by atoms with Crippen molar-refractivity contribution in [2.45, 2.75) is 65.3 Å². The van der Waals surface area contributed by atoms with Crippen LogP contribution in [0, 0.1) is 11.3 Å². The molecule has 1 saturated heterocycles. The zero-order chi connectivity index (χ0) is 19.8. The Morgan fingerprint density at radius 3 is 2.48 bits per heavy atom. The maximum Gasteiger partial charge on any atom is 0.278 e. The highest BCUT2D eigenvalue weighted by atomic mass is 19.3. The van der Waals surface area contributed by atoms with Gasteiger partial charge in [0.2, 0.25) is 0 Å². The Bertz CT molecular complexity index is 664. The van der Waals surface area contributed by atoms with Crippen LogP contribution < -0.4 is 9.47 Å². The maximum atomic E-state index is 13.2. The van der Waals surface area contributed by atoms with E-state index in [2.05, 4.69) is 25.7 Å². The summed E-state index contributed by atoms with van der Waals surface area (Å²) in [6.07, 6.45) is 4.56. The summed E-state index contributed by atoms with van der Waals surface area (Å²) in [4.78, 5) is 2.60. The number of halogens is 2. The number of hydrogen-bond donors (Lipinski definition) is 0. The van der Waals surface area contributed by atoms with Gasteiger partial charge in [-0.15, -0.1) is 0 Å². The Kier molecular flexibility index (Phi) is 5.72. The van der Waals surface area contributed by atoms with Crippen LogP contribution in [-0.2, 0) is 6.42 Å². The molecule has 0 bridgehead atoms. The quantitative estimate of drug-likeness (QED) is 0.675. The lowest BCUT2D eigenvalue weighted by Gasteiger charge is -2.45. The molecule has 2 atom stereocenters. The van der Waals surface area contributed by atoms with E-state index in [1.807, 2.05) is 12.1 Å². The van der Waals surface area contributed by atoms with E-state index in [0.29, 0.717) is 23.0 Å². The first-order valence-corrected chi connectivity index (χ1v) is 10.0. The van der Waals surface area contributed by atoms with Gasteiger partial charge in [-0.05, 0) is 60.3 Å². The van der Waals surface area contributed by atoms with Gasteiger partial charge in [0.15, 0.2) is 18.1 Å². The van der Waals surface area contributed by atoms with Crippen LogP contribution in [0.1, 0.15) is 64.1 Å². The minimum absolute atomic E-state index is 0.363. The minimum Gasteiger partial charge on any atom is -0.493 e. The van der Waals surface area contributed by atoms with Gasteiger partial charge in [0.1, 0.15) is 0 Å². The van der Waals surface area contributed by atoms with Crippen LogP contribution >= 0.6 is 0 Å². The van der Waals surface area contributed by atoms with Crippen LogP contribution in [0.2, 0.25) is 0 Å². The van der Waals surface area contributed by atoms with Crippen molar-refractivity contribution in [2.75, 3.05) is 26.8 Å². The van der Waals surface area contributed by atoms with Crippen LogP contribution in [0.5, 0.6) is 11.5 Å². The summed E-state index contributed by atoms with van der Waals surface area (Å²) in [6, 6.07) is 4.33. The summed E-state index contributed by atoms with van der Waals surface area (Å²) in [5.41, 5.74) is 2.85. The van der Waals surface area contributed by atoms with Gasteiger partial charge in [-0.25, -0.2) is 8.78 Å². The second kappa shape index (κ2) is 7.57. The van der Waals surface area contributed by atoms with Gasteiger partial charge < -0.3 is 9.47 Å². The Labute approximate surface area is 162 Å². The molecular formula is C22H33F2NO2. The molecule has 0 radical (unpaired) electrons. The molecule has 27 heavy (non-hydrogen) atoms. The molecule has 2 heterocycles. The molecule has 1 aromatic rings. The van der Waals surface area contributed by atoms with Crippen LogP contribution in [0.25, 0.3) is 0 Å². The second-order valence-electron chi connectivity index (χ2n) is 9.53. The third-order valence-corrected chi connectivity index (χ3v) is 5.62. The first kappa shape index (κ1) is 20.4. The van der Waals surface area contributed by atoms with Crippen molar-refractivity contribution in [1.82, 2.24) is 4.90 Å². The van der Waals surface area contributed by atoms with E-state index in [1.165, 1.54) is 24.0 Å². The predicted molar refractivity (Wildman–Crippen MR) is 104 cm³/mol. The zero-order valence-electron chi connectivity index (χ0n) is 17.3. The van der Waals surface area contributed by atoms with Gasteiger partial charge in [0, 0.05) is 26.1 Å². The molecule has 0 aliphatic carbocycles. The van der Waals surface area contributed by atoms with Gasteiger partial charge in [0.25, 0.3) is 5.92 Å². The molecule has 3 rings (SSSR count). The summed E-state index contributed by atoms with van der Waals surface area (Å²) in [6.45, 7) is 9.35. The predicted octanol–water partition coefficient (Wildman–Crippen LogP) is 5.47. The van der Waals surface area contributed by atoms with Gasteiger partial charge in [0.05, 0.1) is 7.11 Å². The molecule has 2 unspecified atom stereocenters. The Balaban J connectivity index is 1.77. The molecule has 1 fully saturated rings. The number of ether oxygens (including phenoxy) is 2. The monoisotopic (exact) mass is 381 g/mol. The Morgan fingerprint density at radius 2 is 1.85 bits per heavy atom. The molecule has 0 saturated carbocycles. The van der Waals surface area contributed by atoms with Crippen molar-refractivity contribution in [3.63, 3.8) is 0 Å². The molecule has 0 spiro atoms. The topological polar surface area (TPSA) is 21.7 Å². The fourth-order valence-electron chi connectivity index (χ4n) is 4.64. The highest BCUT2D eigenvalue weighted by molar-refractivity contribution is 5.49. The number of benzene rings is 1. The average molecular weight is 382 g/mol. The molecule has 152 valence electrons. The first-order valence-electron chi connectivity index (χ1n) is 10.0. The second-order valence-corrected chi connectivity index (χ2v) is 9.53. The summed E-state index contributed by atoms with van der Waals surface area (Å²) in [7, 11) is 1.57. The van der Waals surface area contributed by atoms with Crippen molar-refractivity contribution < 1.29 is 18.3 Å². The molecule has 3 nitrogen and oxygen atoms in total. The molecule has 0 amide bonds. The number of piperidine rings is 1. The first-order chi connectivity index (χ1) is 12.6. The summed E-state index contributed by atoms with van der Waals surface area (Å²) < 4.78 is 37.2. The standard InChI is InChI=1S/C22H33F2NO2/c1-21(2,3)12-15-6-7-18-17-11-19(26-5)20(27-14-22(4,23)24)10-16(17)8-9-25(18)13-15/h10-11,15,18H,6-9,12-14H2,1-5H3. The van der Waals surface area contributed by atoms with Crippen molar-refractivity contribution in [2.24, 2.45) is 11.3 Å². The average Bonchev–Trinajstić information content (AvgIpc) is 2.56. The summed E-state index contributed by atoms with van der Waals surface area (Å²) >= 11 is 0. The van der Waals surface area contributed by atoms with E-state index in [0.717, 1.165) is 38.8 Å². The molecule has 1 aromatic carbocycles. The fourth-order valence-corrected chi connectivity index (χ4v) is 4.64. The van der Waals surface area contributed by atoms with E-state index in [-0.39, 0.29) is 0 Å². The van der Waals surface area contributed by atoms with E-state index in [9.17, 15) is 8.78 Å². The highest BCUT2D eigenvalue weighted by Crippen LogP contribution is 2.44. The largest absolute Gasteiger partial charge is 0.493 e. The number of rotatable bonds is 5. The SMILES string of the molecule is COc1cc2c(cc1OCC(C)(F)F)CCN1CC(CC(C)(C)C)CCC21. The van der Waals surface area contributed by atoms with Crippen LogP contribution in [0.4, 0.5) is 8.78 Å². The van der Waals surface area contributed by atoms with Crippen LogP contribution in [0.15, 0.2) is 12.1 Å². The van der Waals surface area contributed by atoms with E-state index in [1.54, 1.807) is 7.11 Å². The molecule has 0 aromatic heterocycles. The molecule has 2 aliphatic rings. The lowest BCUT2D eigenvalue weighted by atomic mass is 9.77. The van der Waals surface area contributed by atoms with Crippen LogP contribution in [0.3, 0.4) is 0 Å². The maximum absolute atomic E-state index is 13.2. The summed E-state index contributed by atoms with van der Waals surface area (Å²) in [5.74, 6) is -1.13. The van der Waals surface area contributed by atoms with Crippen molar-refractivity contribution >= 4 is 0 Å². The highest BCUT2D eigenvalue weighted by Gasteiger charge is 2.35. The smallest absolute Gasteiger partial charge is 0.278 e. The van der Waals surface area contributed by atoms with Gasteiger partial charge >= 0.3 is 0 Å². The van der Waals surface area contributed by atoms with Gasteiger partial charge in [-0.2, -0.15) is 0 Å². The third-order valence-electron chi connectivity index (χ3n) is 5.62. The van der Waals surface area contributed by atoms with Crippen molar-refractivity contribution in [3.05, 3.63) is 23.3 Å².